The number of benzene rings is 1. The van der Waals surface area contributed by atoms with Crippen LogP contribution in [0.1, 0.15) is 94.6 Å². The summed E-state index contributed by atoms with van der Waals surface area (Å²) in [6.45, 7) is 3.18. The average Bonchev–Trinajstić information content (AvgIpc) is 3.20. The van der Waals surface area contributed by atoms with Crippen molar-refractivity contribution in [2.45, 2.75) is 114 Å². The summed E-state index contributed by atoms with van der Waals surface area (Å²) in [6, 6.07) is 5.22. The maximum absolute atomic E-state index is 15.8. The predicted molar refractivity (Wildman–Crippen MR) is 147 cm³/mol. The summed E-state index contributed by atoms with van der Waals surface area (Å²) in [7, 11) is 1.85. The SMILES string of the molecule is CN(CCCCC[C@@H]1Cc2cc(O)ccc2[C@@H]2[C@@H]1[C@@H]1CCC(=O)[C@@]1(C)C[C@@H]2F)CCCCCC(F)(F)C(F)(F)C(F)(F)F. The summed E-state index contributed by atoms with van der Waals surface area (Å²) < 4.78 is 106. The smallest absolute Gasteiger partial charge is 0.459 e. The number of halogens is 8. The number of alkyl halides is 8. The zero-order valence-electron chi connectivity index (χ0n) is 24.8. The van der Waals surface area contributed by atoms with E-state index in [1.165, 1.54) is 0 Å². The number of aromatic hydroxyl groups is 1. The fourth-order valence-corrected chi connectivity index (χ4v) is 8.18. The number of hydrogen-bond acceptors (Lipinski definition) is 3. The van der Waals surface area contributed by atoms with E-state index in [4.69, 9.17) is 0 Å². The average molecular weight is 626 g/mol. The van der Waals surface area contributed by atoms with Gasteiger partial charge in [0.25, 0.3) is 0 Å². The Labute approximate surface area is 248 Å². The van der Waals surface area contributed by atoms with Gasteiger partial charge in [0, 0.05) is 24.2 Å². The molecule has 0 aliphatic heterocycles. The van der Waals surface area contributed by atoms with Gasteiger partial charge in [0.15, 0.2) is 0 Å². The van der Waals surface area contributed by atoms with Gasteiger partial charge in [-0.1, -0.05) is 32.3 Å². The molecule has 6 atom stereocenters. The molecule has 3 nitrogen and oxygen atoms in total. The van der Waals surface area contributed by atoms with E-state index in [-0.39, 0.29) is 48.0 Å². The molecule has 2 fully saturated rings. The maximum atomic E-state index is 15.8. The van der Waals surface area contributed by atoms with E-state index >= 15 is 4.39 Å². The molecule has 4 rings (SSSR count). The monoisotopic (exact) mass is 625 g/mol. The molecular weight excluding hydrogens is 582 g/mol. The van der Waals surface area contributed by atoms with Crippen LogP contribution in [-0.4, -0.2) is 60.1 Å². The van der Waals surface area contributed by atoms with Crippen LogP contribution in [0.25, 0.3) is 0 Å². The van der Waals surface area contributed by atoms with E-state index in [2.05, 4.69) is 0 Å². The maximum Gasteiger partial charge on any atom is 0.459 e. The molecule has 1 N–H and O–H groups in total. The first-order chi connectivity index (χ1) is 20.0. The van der Waals surface area contributed by atoms with Gasteiger partial charge in [-0.2, -0.15) is 30.7 Å². The topological polar surface area (TPSA) is 40.5 Å². The van der Waals surface area contributed by atoms with Crippen LogP contribution < -0.4 is 0 Å². The third-order valence-electron chi connectivity index (χ3n) is 10.5. The van der Waals surface area contributed by atoms with Crippen LogP contribution in [0.5, 0.6) is 5.75 Å². The fourth-order valence-electron chi connectivity index (χ4n) is 8.18. The van der Waals surface area contributed by atoms with Gasteiger partial charge in [0.2, 0.25) is 0 Å². The van der Waals surface area contributed by atoms with Gasteiger partial charge in [-0.05, 0) is 106 Å². The molecule has 0 saturated heterocycles. The van der Waals surface area contributed by atoms with Crippen LogP contribution in [0.2, 0.25) is 0 Å². The minimum absolute atomic E-state index is 0.0726. The Balaban J connectivity index is 1.23. The van der Waals surface area contributed by atoms with Crippen LogP contribution in [0.4, 0.5) is 35.1 Å². The first-order valence-electron chi connectivity index (χ1n) is 15.5. The highest BCUT2D eigenvalue weighted by molar-refractivity contribution is 5.87. The first kappa shape index (κ1) is 34.0. The van der Waals surface area contributed by atoms with E-state index < -0.39 is 42.4 Å². The number of carbonyl (C=O) groups excluding carboxylic acids is 1. The van der Waals surface area contributed by atoms with Crippen molar-refractivity contribution in [1.29, 1.82) is 0 Å². The van der Waals surface area contributed by atoms with Crippen molar-refractivity contribution in [2.24, 2.45) is 23.2 Å². The second kappa shape index (κ2) is 12.8. The molecule has 0 radical (unpaired) electrons. The van der Waals surface area contributed by atoms with Crippen molar-refractivity contribution in [2.75, 3.05) is 20.1 Å². The Morgan fingerprint density at radius 3 is 2.28 bits per heavy atom. The van der Waals surface area contributed by atoms with E-state index in [0.717, 1.165) is 56.2 Å². The number of nitrogens with zero attached hydrogens (tertiary/aromatic N) is 1. The molecule has 0 amide bonds. The van der Waals surface area contributed by atoms with Gasteiger partial charge in [0.05, 0.1) is 0 Å². The number of hydrogen-bond donors (Lipinski definition) is 1. The highest BCUT2D eigenvalue weighted by Crippen LogP contribution is 2.62. The molecule has 244 valence electrons. The Morgan fingerprint density at radius 1 is 0.977 bits per heavy atom. The molecule has 0 aromatic heterocycles. The number of carbonyl (C=O) groups is 1. The molecule has 11 heteroatoms. The second-order valence-electron chi connectivity index (χ2n) is 13.4. The molecule has 1 aromatic carbocycles. The fraction of sp³-hybridized carbons (Fsp3) is 0.781. The lowest BCUT2D eigenvalue weighted by molar-refractivity contribution is -0.355. The molecule has 2 saturated carbocycles. The number of unbranched alkanes of at least 4 members (excludes halogenated alkanes) is 4. The summed E-state index contributed by atoms with van der Waals surface area (Å²) in [5.41, 5.74) is 1.33. The van der Waals surface area contributed by atoms with Crippen molar-refractivity contribution in [3.8, 4) is 5.75 Å². The lowest BCUT2D eigenvalue weighted by atomic mass is 9.51. The summed E-state index contributed by atoms with van der Waals surface area (Å²) in [6.07, 6.45) is -2.98. The highest BCUT2D eigenvalue weighted by atomic mass is 19.4. The minimum atomic E-state index is -6.29. The summed E-state index contributed by atoms with van der Waals surface area (Å²) >= 11 is 0. The van der Waals surface area contributed by atoms with Crippen LogP contribution in [0.3, 0.4) is 0 Å². The number of Topliss-reactive ketones (excluding diaryl/α,β-unsaturated/α-hetero) is 1. The van der Waals surface area contributed by atoms with E-state index in [1.54, 1.807) is 12.1 Å². The molecule has 0 unspecified atom stereocenters. The molecule has 3 aliphatic carbocycles. The van der Waals surface area contributed by atoms with Crippen molar-refractivity contribution in [3.63, 3.8) is 0 Å². The van der Waals surface area contributed by atoms with Crippen molar-refractivity contribution >= 4 is 5.78 Å². The molecule has 0 heterocycles. The summed E-state index contributed by atoms with van der Waals surface area (Å²) in [4.78, 5) is 14.8. The lowest BCUT2D eigenvalue weighted by Gasteiger charge is -2.53. The Bertz CT molecular complexity index is 1130. The Morgan fingerprint density at radius 2 is 1.63 bits per heavy atom. The number of ketones is 1. The molecule has 1 aromatic rings. The Hall–Kier alpha value is -1.91. The number of rotatable bonds is 13. The van der Waals surface area contributed by atoms with Gasteiger partial charge < -0.3 is 10.0 Å². The number of phenols is 1. The number of fused-ring (bicyclic) bond motifs is 5. The highest BCUT2D eigenvalue weighted by Gasteiger charge is 2.72. The third-order valence-corrected chi connectivity index (χ3v) is 10.5. The van der Waals surface area contributed by atoms with Gasteiger partial charge in [-0.15, -0.1) is 0 Å². The van der Waals surface area contributed by atoms with Gasteiger partial charge in [-0.25, -0.2) is 4.39 Å². The summed E-state index contributed by atoms with van der Waals surface area (Å²) in [5, 5.41) is 10.1. The molecule has 0 spiro atoms. The third kappa shape index (κ3) is 6.86. The molecule has 3 aliphatic rings. The molecule has 0 bridgehead atoms. The van der Waals surface area contributed by atoms with Crippen LogP contribution in [0, 0.1) is 23.2 Å². The van der Waals surface area contributed by atoms with Crippen LogP contribution in [0.15, 0.2) is 18.2 Å². The van der Waals surface area contributed by atoms with Gasteiger partial charge in [-0.3, -0.25) is 4.79 Å². The lowest BCUT2D eigenvalue weighted by Crippen LogP contribution is -2.51. The largest absolute Gasteiger partial charge is 0.508 e. The Kier molecular flexibility index (Phi) is 10.1. The van der Waals surface area contributed by atoms with Crippen molar-refractivity contribution in [1.82, 2.24) is 4.90 Å². The van der Waals surface area contributed by atoms with E-state index in [1.807, 2.05) is 24.9 Å². The second-order valence-corrected chi connectivity index (χ2v) is 13.4. The first-order valence-corrected chi connectivity index (χ1v) is 15.5. The van der Waals surface area contributed by atoms with Crippen molar-refractivity contribution < 1.29 is 45.0 Å². The van der Waals surface area contributed by atoms with Gasteiger partial charge >= 0.3 is 18.0 Å². The zero-order chi connectivity index (χ0) is 31.8. The minimum Gasteiger partial charge on any atom is -0.508 e. The molecule has 43 heavy (non-hydrogen) atoms. The predicted octanol–water partition coefficient (Wildman–Crippen LogP) is 8.88. The van der Waals surface area contributed by atoms with E-state index in [9.17, 15) is 40.6 Å². The quantitative estimate of drug-likeness (QED) is 0.176. The van der Waals surface area contributed by atoms with Crippen LogP contribution in [-0.2, 0) is 11.2 Å². The van der Waals surface area contributed by atoms with Crippen molar-refractivity contribution in [3.05, 3.63) is 29.3 Å². The summed E-state index contributed by atoms with van der Waals surface area (Å²) in [5.74, 6) is -10.7. The normalized spacial score (nSPS) is 29.5. The zero-order valence-corrected chi connectivity index (χ0v) is 24.8. The molecular formula is C32H43F8NO2. The number of phenolic OH excluding ortho intramolecular Hbond substituents is 1. The van der Waals surface area contributed by atoms with E-state index in [0.29, 0.717) is 19.4 Å². The van der Waals surface area contributed by atoms with Gasteiger partial charge in [0.1, 0.15) is 17.7 Å². The van der Waals surface area contributed by atoms with Crippen LogP contribution >= 0.6 is 0 Å². The standard InChI is InChI=1S/C32H43F8NO2/c1-29-19-25(33)28-23-11-10-22(42)18-21(23)17-20(27(28)24(29)12-13-26(29)43)9-5-3-7-15-41(2)16-8-4-6-14-30(34,35)31(36,37)32(38,39)40/h10-11,18,20,24-25,27-28,42H,3-9,12-17,19H2,1-2H3/t20-,24+,25+,27+,28+,29+/m1/s1.